The Balaban J connectivity index is 1.64. The number of aryl methyl sites for hydroxylation is 1. The number of rotatable bonds is 5. The minimum atomic E-state index is -3.77. The van der Waals surface area contributed by atoms with Crippen molar-refractivity contribution in [3.05, 3.63) is 95.6 Å². The number of benzene rings is 3. The Hall–Kier alpha value is -3.42. The maximum atomic E-state index is 13.7. The highest BCUT2D eigenvalue weighted by molar-refractivity contribution is 7.92. The Morgan fingerprint density at radius 3 is 2.53 bits per heavy atom. The van der Waals surface area contributed by atoms with Crippen molar-refractivity contribution in [3.8, 4) is 20.9 Å². The van der Waals surface area contributed by atoms with Crippen LogP contribution in [0.2, 0.25) is 0 Å². The van der Waals surface area contributed by atoms with Crippen molar-refractivity contribution < 1.29 is 17.9 Å². The summed E-state index contributed by atoms with van der Waals surface area (Å²) in [6.45, 7) is 4.27. The van der Waals surface area contributed by atoms with Gasteiger partial charge < -0.3 is 4.74 Å². The molecular formula is C27H23NO4S2. The first-order valence-corrected chi connectivity index (χ1v) is 13.2. The van der Waals surface area contributed by atoms with E-state index < -0.39 is 10.0 Å². The van der Waals surface area contributed by atoms with Crippen LogP contribution in [-0.4, -0.2) is 21.0 Å². The number of esters is 1. The Bertz CT molecular complexity index is 1490. The number of sulfonamides is 1. The van der Waals surface area contributed by atoms with Gasteiger partial charge in [-0.25, -0.2) is 13.2 Å². The Labute approximate surface area is 203 Å². The van der Waals surface area contributed by atoms with E-state index in [9.17, 15) is 13.2 Å². The highest BCUT2D eigenvalue weighted by Crippen LogP contribution is 2.49. The van der Waals surface area contributed by atoms with Crippen LogP contribution in [0.25, 0.3) is 20.9 Å². The standard InChI is InChI=1S/C27H23NO4S2/c1-3-32-27(29)20-9-6-8-19(15-20)25-16-24-26(33-25)23-10-5-4-7-21(23)17-28(24)34(30,31)22-13-11-18(2)12-14-22/h4-16H,3,17H2,1-2H3. The largest absolute Gasteiger partial charge is 0.462 e. The summed E-state index contributed by atoms with van der Waals surface area (Å²) in [6, 6.07) is 24.0. The summed E-state index contributed by atoms with van der Waals surface area (Å²) in [5.74, 6) is -0.375. The monoisotopic (exact) mass is 489 g/mol. The third-order valence-corrected chi connectivity index (χ3v) is 8.80. The predicted molar refractivity (Wildman–Crippen MR) is 136 cm³/mol. The summed E-state index contributed by atoms with van der Waals surface area (Å²) < 4.78 is 34.0. The number of anilines is 1. The van der Waals surface area contributed by atoms with Gasteiger partial charge in [-0.3, -0.25) is 4.31 Å². The van der Waals surface area contributed by atoms with Crippen LogP contribution in [0.15, 0.2) is 83.8 Å². The van der Waals surface area contributed by atoms with E-state index >= 15 is 0 Å². The molecule has 0 bridgehead atoms. The third kappa shape index (κ3) is 3.91. The molecule has 5 nitrogen and oxygen atoms in total. The lowest BCUT2D eigenvalue weighted by molar-refractivity contribution is 0.0526. The van der Waals surface area contributed by atoms with Gasteiger partial charge in [0.05, 0.1) is 34.2 Å². The second-order valence-corrected chi connectivity index (χ2v) is 11.0. The molecule has 0 amide bonds. The molecule has 0 saturated heterocycles. The van der Waals surface area contributed by atoms with Gasteiger partial charge in [0.25, 0.3) is 10.0 Å². The van der Waals surface area contributed by atoms with Gasteiger partial charge in [0, 0.05) is 4.88 Å². The average Bonchev–Trinajstić information content (AvgIpc) is 3.30. The fraction of sp³-hybridized carbons (Fsp3) is 0.148. The highest BCUT2D eigenvalue weighted by atomic mass is 32.2. The summed E-state index contributed by atoms with van der Waals surface area (Å²) in [6.07, 6.45) is 0. The van der Waals surface area contributed by atoms with Gasteiger partial charge in [-0.1, -0.05) is 54.1 Å². The van der Waals surface area contributed by atoms with Gasteiger partial charge in [-0.05, 0) is 60.9 Å². The number of nitrogens with zero attached hydrogens (tertiary/aromatic N) is 1. The minimum Gasteiger partial charge on any atom is -0.462 e. The van der Waals surface area contributed by atoms with Crippen molar-refractivity contribution in [2.24, 2.45) is 0 Å². The van der Waals surface area contributed by atoms with Crippen molar-refractivity contribution in [1.29, 1.82) is 0 Å². The molecule has 4 aromatic rings. The summed E-state index contributed by atoms with van der Waals surface area (Å²) in [7, 11) is -3.77. The molecule has 0 spiro atoms. The maximum Gasteiger partial charge on any atom is 0.338 e. The average molecular weight is 490 g/mol. The molecule has 0 aliphatic carbocycles. The van der Waals surface area contributed by atoms with Crippen molar-refractivity contribution in [3.63, 3.8) is 0 Å². The molecule has 0 fully saturated rings. The quantitative estimate of drug-likeness (QED) is 0.310. The van der Waals surface area contributed by atoms with E-state index in [1.807, 2.05) is 61.5 Å². The highest BCUT2D eigenvalue weighted by Gasteiger charge is 2.33. The molecule has 34 heavy (non-hydrogen) atoms. The number of fused-ring (bicyclic) bond motifs is 3. The lowest BCUT2D eigenvalue weighted by atomic mass is 10.0. The minimum absolute atomic E-state index is 0.262. The van der Waals surface area contributed by atoms with Crippen molar-refractivity contribution in [1.82, 2.24) is 0 Å². The molecule has 1 aliphatic heterocycles. The maximum absolute atomic E-state index is 13.7. The molecule has 5 rings (SSSR count). The van der Waals surface area contributed by atoms with Crippen LogP contribution in [0.1, 0.15) is 28.4 Å². The molecule has 7 heteroatoms. The second-order valence-electron chi connectivity index (χ2n) is 8.11. The number of hydrogen-bond donors (Lipinski definition) is 0. The van der Waals surface area contributed by atoms with Gasteiger partial charge in [0.1, 0.15) is 0 Å². The van der Waals surface area contributed by atoms with Crippen molar-refractivity contribution in [2.45, 2.75) is 25.3 Å². The number of carbonyl (C=O) groups is 1. The molecule has 172 valence electrons. The molecule has 0 N–H and O–H groups in total. The molecule has 1 aliphatic rings. The van der Waals surface area contributed by atoms with Crippen LogP contribution in [-0.2, 0) is 21.3 Å². The normalized spacial score (nSPS) is 12.7. The summed E-state index contributed by atoms with van der Waals surface area (Å²) >= 11 is 1.52. The van der Waals surface area contributed by atoms with Crippen LogP contribution in [0.5, 0.6) is 0 Å². The number of hydrogen-bond acceptors (Lipinski definition) is 5. The van der Waals surface area contributed by atoms with Gasteiger partial charge in [-0.15, -0.1) is 11.3 Å². The lowest BCUT2D eigenvalue weighted by Crippen LogP contribution is -2.32. The molecule has 0 unspecified atom stereocenters. The zero-order valence-corrected chi connectivity index (χ0v) is 20.4. The second kappa shape index (κ2) is 8.74. The summed E-state index contributed by atoms with van der Waals surface area (Å²) in [5, 5.41) is 0. The fourth-order valence-electron chi connectivity index (χ4n) is 4.09. The molecule has 0 radical (unpaired) electrons. The van der Waals surface area contributed by atoms with Gasteiger partial charge in [0.15, 0.2) is 0 Å². The van der Waals surface area contributed by atoms with Crippen LogP contribution in [0.4, 0.5) is 5.69 Å². The van der Waals surface area contributed by atoms with Crippen LogP contribution >= 0.6 is 11.3 Å². The number of ether oxygens (including phenoxy) is 1. The topological polar surface area (TPSA) is 63.7 Å². The molecule has 0 atom stereocenters. The number of carbonyl (C=O) groups excluding carboxylic acids is 1. The Kier molecular flexibility index (Phi) is 5.75. The van der Waals surface area contributed by atoms with E-state index in [1.165, 1.54) is 15.6 Å². The fourth-order valence-corrected chi connectivity index (χ4v) is 6.81. The zero-order chi connectivity index (χ0) is 23.9. The van der Waals surface area contributed by atoms with E-state index in [0.29, 0.717) is 17.9 Å². The Morgan fingerprint density at radius 1 is 1.00 bits per heavy atom. The van der Waals surface area contributed by atoms with Crippen LogP contribution in [0.3, 0.4) is 0 Å². The third-order valence-electron chi connectivity index (χ3n) is 5.82. The molecule has 1 aromatic heterocycles. The first-order chi connectivity index (χ1) is 16.4. The summed E-state index contributed by atoms with van der Waals surface area (Å²) in [5.41, 5.74) is 4.96. The van der Waals surface area contributed by atoms with E-state index in [-0.39, 0.29) is 17.4 Å². The predicted octanol–water partition coefficient (Wildman–Crippen LogP) is 6.28. The zero-order valence-electron chi connectivity index (χ0n) is 18.8. The van der Waals surface area contributed by atoms with E-state index in [2.05, 4.69) is 0 Å². The molecular weight excluding hydrogens is 466 g/mol. The molecule has 3 aromatic carbocycles. The van der Waals surface area contributed by atoms with Crippen molar-refractivity contribution >= 4 is 33.0 Å². The van der Waals surface area contributed by atoms with Crippen LogP contribution in [0, 0.1) is 6.92 Å². The lowest BCUT2D eigenvalue weighted by Gasteiger charge is -2.30. The van der Waals surface area contributed by atoms with Crippen molar-refractivity contribution in [2.75, 3.05) is 10.9 Å². The van der Waals surface area contributed by atoms with E-state index in [1.54, 1.807) is 31.2 Å². The van der Waals surface area contributed by atoms with E-state index in [0.717, 1.165) is 32.0 Å². The van der Waals surface area contributed by atoms with Gasteiger partial charge >= 0.3 is 5.97 Å². The summed E-state index contributed by atoms with van der Waals surface area (Å²) in [4.78, 5) is 14.3. The number of thiophene rings is 1. The van der Waals surface area contributed by atoms with Gasteiger partial charge in [-0.2, -0.15) is 0 Å². The van der Waals surface area contributed by atoms with Gasteiger partial charge in [0.2, 0.25) is 0 Å². The first kappa shape index (κ1) is 22.4. The smallest absolute Gasteiger partial charge is 0.338 e. The molecule has 0 saturated carbocycles. The Morgan fingerprint density at radius 2 is 1.76 bits per heavy atom. The SMILES string of the molecule is CCOC(=O)c1cccc(-c2cc3c(s2)-c2ccccc2CN3S(=O)(=O)c2ccc(C)cc2)c1. The molecule has 2 heterocycles. The first-order valence-electron chi connectivity index (χ1n) is 11.0. The van der Waals surface area contributed by atoms with E-state index in [4.69, 9.17) is 4.74 Å². The van der Waals surface area contributed by atoms with Crippen LogP contribution < -0.4 is 4.31 Å².